The molecule has 1 unspecified atom stereocenters. The van der Waals surface area contributed by atoms with Crippen LogP contribution in [0.4, 0.5) is 4.39 Å². The number of aliphatic hydroxyl groups is 1. The van der Waals surface area contributed by atoms with Gasteiger partial charge in [-0.25, -0.2) is 14.4 Å². The van der Waals surface area contributed by atoms with Gasteiger partial charge in [0.2, 0.25) is 0 Å². The van der Waals surface area contributed by atoms with Crippen molar-refractivity contribution in [1.82, 2.24) is 24.0 Å². The lowest BCUT2D eigenvalue weighted by atomic mass is 9.90. The fraction of sp³-hybridized carbons (Fsp3) is 0.323. The van der Waals surface area contributed by atoms with Gasteiger partial charge in [0.05, 0.1) is 21.9 Å². The normalized spacial score (nSPS) is 15.8. The number of hydrogen-bond donors (Lipinski definition) is 1. The van der Waals surface area contributed by atoms with Crippen LogP contribution in [-0.2, 0) is 13.1 Å². The molecule has 1 aliphatic rings. The van der Waals surface area contributed by atoms with E-state index in [1.54, 1.807) is 16.7 Å². The van der Waals surface area contributed by atoms with E-state index in [1.165, 1.54) is 12.1 Å². The van der Waals surface area contributed by atoms with Crippen LogP contribution in [0.2, 0.25) is 0 Å². The fourth-order valence-corrected chi connectivity index (χ4v) is 5.75. The molecule has 7 nitrogen and oxygen atoms in total. The summed E-state index contributed by atoms with van der Waals surface area (Å²) >= 11 is 0. The van der Waals surface area contributed by atoms with Gasteiger partial charge in [-0.2, -0.15) is 0 Å². The van der Waals surface area contributed by atoms with Crippen molar-refractivity contribution in [2.45, 2.75) is 39.0 Å². The number of aryl methyl sites for hydroxylation is 1. The van der Waals surface area contributed by atoms with Crippen LogP contribution in [0.3, 0.4) is 0 Å². The van der Waals surface area contributed by atoms with Gasteiger partial charge in [0.15, 0.2) is 0 Å². The Labute approximate surface area is 226 Å². The summed E-state index contributed by atoms with van der Waals surface area (Å²) in [5, 5.41) is 12.1. The second-order valence-corrected chi connectivity index (χ2v) is 10.4. The summed E-state index contributed by atoms with van der Waals surface area (Å²) in [7, 11) is 0. The van der Waals surface area contributed by atoms with E-state index in [0.29, 0.717) is 24.3 Å². The summed E-state index contributed by atoms with van der Waals surface area (Å²) in [6, 6.07) is 21.8. The van der Waals surface area contributed by atoms with E-state index >= 15 is 0 Å². The Morgan fingerprint density at radius 2 is 1.59 bits per heavy atom. The largest absolute Gasteiger partial charge is 0.385 e. The predicted octanol–water partition coefficient (Wildman–Crippen LogP) is 4.69. The molecule has 1 aliphatic heterocycles. The number of piperidine rings is 1. The molecule has 2 aromatic heterocycles. The minimum Gasteiger partial charge on any atom is -0.385 e. The van der Waals surface area contributed by atoms with Crippen LogP contribution in [0.25, 0.3) is 21.9 Å². The molecule has 6 rings (SSSR count). The topological polar surface area (TPSA) is 76.2 Å². The lowest BCUT2D eigenvalue weighted by molar-refractivity contribution is 0.0501. The highest BCUT2D eigenvalue weighted by atomic mass is 19.1. The maximum absolute atomic E-state index is 13.5. The van der Waals surface area contributed by atoms with Crippen LogP contribution in [0, 0.1) is 18.7 Å². The van der Waals surface area contributed by atoms with Crippen LogP contribution < -0.4 is 5.56 Å². The summed E-state index contributed by atoms with van der Waals surface area (Å²) in [5.41, 5.74) is 3.49. The van der Waals surface area contributed by atoms with Gasteiger partial charge in [0.1, 0.15) is 23.6 Å². The van der Waals surface area contributed by atoms with Crippen molar-refractivity contribution in [1.29, 1.82) is 0 Å². The number of nitrogens with zero attached hydrogens (tertiary/aromatic N) is 5. The van der Waals surface area contributed by atoms with Crippen LogP contribution in [0.15, 0.2) is 77.6 Å². The van der Waals surface area contributed by atoms with E-state index in [4.69, 9.17) is 4.98 Å². The molecule has 3 aromatic carbocycles. The molecule has 5 aromatic rings. The third-order valence-electron chi connectivity index (χ3n) is 7.97. The summed E-state index contributed by atoms with van der Waals surface area (Å²) < 4.78 is 17.3. The van der Waals surface area contributed by atoms with Gasteiger partial charge in [-0.15, -0.1) is 0 Å². The maximum Gasteiger partial charge on any atom is 0.261 e. The molecule has 0 amide bonds. The monoisotopic (exact) mass is 525 g/mol. The number of imidazole rings is 1. The number of aliphatic hydroxyl groups excluding tert-OH is 1. The van der Waals surface area contributed by atoms with Crippen molar-refractivity contribution in [2.75, 3.05) is 19.6 Å². The Balaban J connectivity index is 1.15. The molecule has 0 saturated carbocycles. The molecule has 0 spiro atoms. The molecule has 0 aliphatic carbocycles. The van der Waals surface area contributed by atoms with Gasteiger partial charge >= 0.3 is 0 Å². The summed E-state index contributed by atoms with van der Waals surface area (Å²) in [6.45, 7) is 5.42. The van der Waals surface area contributed by atoms with E-state index in [9.17, 15) is 14.3 Å². The van der Waals surface area contributed by atoms with Crippen molar-refractivity contribution >= 4 is 21.9 Å². The van der Waals surface area contributed by atoms with E-state index in [-0.39, 0.29) is 17.3 Å². The van der Waals surface area contributed by atoms with Gasteiger partial charge in [-0.1, -0.05) is 36.4 Å². The number of benzene rings is 3. The average molecular weight is 526 g/mol. The third kappa shape index (κ3) is 5.10. The van der Waals surface area contributed by atoms with Crippen molar-refractivity contribution in [2.24, 2.45) is 5.92 Å². The van der Waals surface area contributed by atoms with Gasteiger partial charge in [-0.05, 0) is 80.7 Å². The summed E-state index contributed by atoms with van der Waals surface area (Å²) in [5.74, 6) is 1.20. The zero-order valence-corrected chi connectivity index (χ0v) is 22.0. The number of rotatable bonds is 7. The standard InChI is InChI=1S/C31H32FN5O2/c1-21-33-26-7-3-2-6-25(26)31(39)36(21)19-18-35-16-14-23(15-17-35)29(38)30-34-27-8-4-5-9-28(27)37(30)20-22-10-12-24(32)13-11-22/h2-13,23,29,38H,14-20H2,1H3. The second-order valence-electron chi connectivity index (χ2n) is 10.4. The van der Waals surface area contributed by atoms with Gasteiger partial charge in [0.25, 0.3) is 5.56 Å². The van der Waals surface area contributed by atoms with E-state index < -0.39 is 6.10 Å². The number of aromatic nitrogens is 4. The van der Waals surface area contributed by atoms with Crippen LogP contribution in [-0.4, -0.2) is 48.7 Å². The Hall–Kier alpha value is -3.88. The number of hydrogen-bond acceptors (Lipinski definition) is 5. The van der Waals surface area contributed by atoms with E-state index in [1.807, 2.05) is 55.5 Å². The van der Waals surface area contributed by atoms with E-state index in [0.717, 1.165) is 60.4 Å². The molecule has 8 heteroatoms. The predicted molar refractivity (Wildman–Crippen MR) is 150 cm³/mol. The first-order valence-electron chi connectivity index (χ1n) is 13.5. The smallest absolute Gasteiger partial charge is 0.261 e. The molecule has 3 heterocycles. The molecule has 1 atom stereocenters. The SMILES string of the molecule is Cc1nc2ccccc2c(=O)n1CCN1CCC(C(O)c2nc3ccccc3n2Cc2ccc(F)cc2)CC1. The van der Waals surface area contributed by atoms with Crippen molar-refractivity contribution < 1.29 is 9.50 Å². The summed E-state index contributed by atoms with van der Waals surface area (Å²) in [6.07, 6.45) is 0.977. The zero-order chi connectivity index (χ0) is 26.9. The maximum atomic E-state index is 13.5. The third-order valence-corrected chi connectivity index (χ3v) is 7.97. The van der Waals surface area contributed by atoms with Gasteiger partial charge < -0.3 is 14.6 Å². The lowest BCUT2D eigenvalue weighted by Gasteiger charge is -2.34. The molecule has 0 bridgehead atoms. The molecule has 1 saturated heterocycles. The van der Waals surface area contributed by atoms with E-state index in [2.05, 4.69) is 14.5 Å². The first kappa shape index (κ1) is 25.4. The molecular formula is C31H32FN5O2. The molecule has 1 N–H and O–H groups in total. The number of likely N-dealkylation sites (tertiary alicyclic amines) is 1. The zero-order valence-electron chi connectivity index (χ0n) is 22.0. The van der Waals surface area contributed by atoms with Crippen LogP contribution in [0.5, 0.6) is 0 Å². The molecule has 1 fully saturated rings. The second kappa shape index (κ2) is 10.7. The average Bonchev–Trinajstić information content (AvgIpc) is 3.32. The number of para-hydroxylation sites is 3. The Kier molecular flexibility index (Phi) is 6.97. The van der Waals surface area contributed by atoms with Crippen LogP contribution in [0.1, 0.15) is 36.2 Å². The molecular weight excluding hydrogens is 493 g/mol. The highest BCUT2D eigenvalue weighted by Crippen LogP contribution is 2.32. The van der Waals surface area contributed by atoms with Crippen molar-refractivity contribution in [3.05, 3.63) is 106 Å². The quantitative estimate of drug-likeness (QED) is 0.334. The highest BCUT2D eigenvalue weighted by Gasteiger charge is 2.30. The first-order valence-corrected chi connectivity index (χ1v) is 13.5. The number of fused-ring (bicyclic) bond motifs is 2. The van der Waals surface area contributed by atoms with Gasteiger partial charge in [-0.3, -0.25) is 9.36 Å². The minimum atomic E-state index is -0.699. The number of halogens is 1. The molecule has 39 heavy (non-hydrogen) atoms. The Morgan fingerprint density at radius 1 is 0.897 bits per heavy atom. The lowest BCUT2D eigenvalue weighted by Crippen LogP contribution is -2.39. The first-order chi connectivity index (χ1) is 19.0. The summed E-state index contributed by atoms with van der Waals surface area (Å²) in [4.78, 5) is 24.8. The molecule has 200 valence electrons. The van der Waals surface area contributed by atoms with Crippen molar-refractivity contribution in [3.8, 4) is 0 Å². The fourth-order valence-electron chi connectivity index (χ4n) is 5.75. The van der Waals surface area contributed by atoms with Gasteiger partial charge in [0, 0.05) is 19.6 Å². The van der Waals surface area contributed by atoms with Crippen molar-refractivity contribution in [3.63, 3.8) is 0 Å². The molecule has 0 radical (unpaired) electrons. The highest BCUT2D eigenvalue weighted by molar-refractivity contribution is 5.77. The Bertz CT molecular complexity index is 1670. The Morgan fingerprint density at radius 3 is 2.36 bits per heavy atom. The van der Waals surface area contributed by atoms with Crippen LogP contribution >= 0.6 is 0 Å². The minimum absolute atomic E-state index is 0.00321.